The summed E-state index contributed by atoms with van der Waals surface area (Å²) < 4.78 is 0. The average molecular weight is 699 g/mol. The Morgan fingerprint density at radius 2 is 0.449 bits per heavy atom. The second-order valence-corrected chi connectivity index (χ2v) is 14.7. The van der Waals surface area contributed by atoms with E-state index >= 15 is 0 Å². The minimum absolute atomic E-state index is 0.343. The third kappa shape index (κ3) is 62.5. The fourth-order valence-corrected chi connectivity index (χ4v) is 6.19. The molecule has 0 aromatic rings. The second kappa shape index (κ2) is 51.3. The summed E-state index contributed by atoms with van der Waals surface area (Å²) in [6.45, 7) is 7.14. The Kier molecular flexibility index (Phi) is 54.7. The number of carboxylic acid groups (broad SMARTS) is 2. The third-order valence-electron chi connectivity index (χ3n) is 9.50. The molecule has 0 aliphatic carbocycles. The van der Waals surface area contributed by atoms with Crippen LogP contribution in [0.15, 0.2) is 0 Å². The zero-order chi connectivity index (χ0) is 36.7. The van der Waals surface area contributed by atoms with E-state index in [1.54, 1.807) is 0 Å². The Labute approximate surface area is 307 Å². The van der Waals surface area contributed by atoms with Crippen molar-refractivity contribution in [3.05, 3.63) is 0 Å². The number of carboxylic acids is 2. The standard InChI is InChI=1S/C16H32O2.C16H34O.C12H24O2/c1-2-3-4-5-6-7-8-9-10-11-12-13-14-15-16(17)18;1-2-3-4-5-6-7-8-9-10-11-12-13-14-15-16-17;1-2-3-4-5-6-7-8-9-10-11-12(13)14/h2-15H2,1H3,(H,17,18);17H,2-16H2,1H3;2-11H2,1H3,(H,13,14). The third-order valence-corrected chi connectivity index (χ3v) is 9.50. The van der Waals surface area contributed by atoms with Crippen molar-refractivity contribution in [2.45, 2.75) is 265 Å². The summed E-state index contributed by atoms with van der Waals surface area (Å²) in [6, 6.07) is 0. The molecule has 0 aliphatic rings. The zero-order valence-corrected chi connectivity index (χ0v) is 33.7. The lowest BCUT2D eigenvalue weighted by atomic mass is 10.0. The molecule has 0 aromatic carbocycles. The molecular weight excluding hydrogens is 608 g/mol. The first kappa shape index (κ1) is 52.3. The minimum atomic E-state index is -0.659. The Morgan fingerprint density at radius 1 is 0.286 bits per heavy atom. The molecule has 0 bridgehead atoms. The molecule has 296 valence electrons. The van der Waals surface area contributed by atoms with E-state index < -0.39 is 11.9 Å². The van der Waals surface area contributed by atoms with Gasteiger partial charge in [0.2, 0.25) is 0 Å². The van der Waals surface area contributed by atoms with E-state index in [-0.39, 0.29) is 0 Å². The lowest BCUT2D eigenvalue weighted by Crippen LogP contribution is -1.93. The quantitative estimate of drug-likeness (QED) is 0.0558. The van der Waals surface area contributed by atoms with E-state index in [1.807, 2.05) is 0 Å². The molecule has 0 aromatic heterocycles. The molecule has 0 saturated carbocycles. The van der Waals surface area contributed by atoms with Crippen molar-refractivity contribution in [3.8, 4) is 0 Å². The highest BCUT2D eigenvalue weighted by Gasteiger charge is 1.98. The van der Waals surface area contributed by atoms with Crippen LogP contribution >= 0.6 is 0 Å². The van der Waals surface area contributed by atoms with Crippen LogP contribution in [-0.2, 0) is 9.59 Å². The number of hydrogen-bond donors (Lipinski definition) is 3. The Bertz CT molecular complexity index is 580. The van der Waals surface area contributed by atoms with Crippen molar-refractivity contribution in [1.82, 2.24) is 0 Å². The van der Waals surface area contributed by atoms with Gasteiger partial charge in [0.1, 0.15) is 0 Å². The molecule has 0 rings (SSSR count). The summed E-state index contributed by atoms with van der Waals surface area (Å²) >= 11 is 0. The van der Waals surface area contributed by atoms with Gasteiger partial charge in [0, 0.05) is 19.4 Å². The lowest BCUT2D eigenvalue weighted by molar-refractivity contribution is -0.138. The molecule has 5 nitrogen and oxygen atoms in total. The van der Waals surface area contributed by atoms with Gasteiger partial charge in [-0.15, -0.1) is 0 Å². The molecule has 5 heteroatoms. The first-order valence-corrected chi connectivity index (χ1v) is 22.0. The molecule has 49 heavy (non-hydrogen) atoms. The maximum absolute atomic E-state index is 10.3. The Hall–Kier alpha value is -1.10. The van der Waals surface area contributed by atoms with Gasteiger partial charge in [-0.25, -0.2) is 0 Å². The fourth-order valence-electron chi connectivity index (χ4n) is 6.19. The van der Waals surface area contributed by atoms with Crippen LogP contribution in [0.4, 0.5) is 0 Å². The predicted molar refractivity (Wildman–Crippen MR) is 215 cm³/mol. The monoisotopic (exact) mass is 699 g/mol. The van der Waals surface area contributed by atoms with E-state index in [0.29, 0.717) is 19.4 Å². The Balaban J connectivity index is -0.000000653. The number of aliphatic hydroxyl groups is 1. The Morgan fingerprint density at radius 3 is 0.612 bits per heavy atom. The summed E-state index contributed by atoms with van der Waals surface area (Å²) in [7, 11) is 0. The highest BCUT2D eigenvalue weighted by molar-refractivity contribution is 5.66. The maximum atomic E-state index is 10.3. The summed E-state index contributed by atoms with van der Waals surface area (Å²) in [6.07, 6.45) is 48.0. The second-order valence-electron chi connectivity index (χ2n) is 14.7. The van der Waals surface area contributed by atoms with Gasteiger partial charge in [-0.3, -0.25) is 9.59 Å². The highest BCUT2D eigenvalue weighted by atomic mass is 16.4. The summed E-state index contributed by atoms with van der Waals surface area (Å²) in [5, 5.41) is 25.5. The summed E-state index contributed by atoms with van der Waals surface area (Å²) in [4.78, 5) is 20.5. The number of carbonyl (C=O) groups is 2. The zero-order valence-electron chi connectivity index (χ0n) is 33.7. The van der Waals surface area contributed by atoms with Crippen LogP contribution in [0, 0.1) is 0 Å². The largest absolute Gasteiger partial charge is 0.481 e. The number of aliphatic carboxylic acids is 2. The van der Waals surface area contributed by atoms with Gasteiger partial charge in [-0.2, -0.15) is 0 Å². The van der Waals surface area contributed by atoms with Crippen molar-refractivity contribution >= 4 is 11.9 Å². The van der Waals surface area contributed by atoms with Gasteiger partial charge < -0.3 is 15.3 Å². The SMILES string of the molecule is CCCCCCCCCCCC(=O)O.CCCCCCCCCCCCCCCC(=O)O.CCCCCCCCCCCCCCCCO. The van der Waals surface area contributed by atoms with Crippen LogP contribution in [0.1, 0.15) is 265 Å². The molecule has 0 saturated heterocycles. The van der Waals surface area contributed by atoms with Crippen LogP contribution in [0.3, 0.4) is 0 Å². The molecule has 0 fully saturated rings. The van der Waals surface area contributed by atoms with Crippen molar-refractivity contribution in [2.75, 3.05) is 6.61 Å². The van der Waals surface area contributed by atoms with Crippen LogP contribution < -0.4 is 0 Å². The molecule has 0 unspecified atom stereocenters. The molecule has 0 spiro atoms. The molecule has 0 heterocycles. The van der Waals surface area contributed by atoms with Gasteiger partial charge in [-0.05, 0) is 19.3 Å². The van der Waals surface area contributed by atoms with Gasteiger partial charge in [0.15, 0.2) is 0 Å². The van der Waals surface area contributed by atoms with E-state index in [0.717, 1.165) is 32.1 Å². The number of unbranched alkanes of at least 4 members (excludes halogenated alkanes) is 33. The summed E-state index contributed by atoms with van der Waals surface area (Å²) in [5.74, 6) is -1.31. The molecule has 0 atom stereocenters. The molecule has 0 radical (unpaired) electrons. The van der Waals surface area contributed by atoms with Crippen LogP contribution in [0.5, 0.6) is 0 Å². The van der Waals surface area contributed by atoms with Crippen LogP contribution in [-0.4, -0.2) is 33.9 Å². The van der Waals surface area contributed by atoms with Crippen LogP contribution in [0.25, 0.3) is 0 Å². The van der Waals surface area contributed by atoms with Crippen molar-refractivity contribution < 1.29 is 24.9 Å². The topological polar surface area (TPSA) is 94.8 Å². The molecule has 3 N–H and O–H groups in total. The van der Waals surface area contributed by atoms with Crippen molar-refractivity contribution in [3.63, 3.8) is 0 Å². The van der Waals surface area contributed by atoms with Crippen LogP contribution in [0.2, 0.25) is 0 Å². The fraction of sp³-hybridized carbons (Fsp3) is 0.955. The first-order valence-electron chi connectivity index (χ1n) is 22.0. The maximum Gasteiger partial charge on any atom is 0.303 e. The van der Waals surface area contributed by atoms with E-state index in [2.05, 4.69) is 20.8 Å². The van der Waals surface area contributed by atoms with Gasteiger partial charge >= 0.3 is 11.9 Å². The average Bonchev–Trinajstić information content (AvgIpc) is 3.08. The highest BCUT2D eigenvalue weighted by Crippen LogP contribution is 2.14. The lowest BCUT2D eigenvalue weighted by Gasteiger charge is -2.02. The molecular formula is C44H90O5. The molecule has 0 amide bonds. The molecule has 0 aliphatic heterocycles. The number of aliphatic hydroxyl groups excluding tert-OH is 1. The van der Waals surface area contributed by atoms with E-state index in [4.69, 9.17) is 15.3 Å². The number of hydrogen-bond acceptors (Lipinski definition) is 3. The predicted octanol–water partition coefficient (Wildman–Crippen LogP) is 15.0. The van der Waals surface area contributed by atoms with E-state index in [9.17, 15) is 9.59 Å². The van der Waals surface area contributed by atoms with E-state index in [1.165, 1.54) is 199 Å². The van der Waals surface area contributed by atoms with Gasteiger partial charge in [0.05, 0.1) is 0 Å². The van der Waals surface area contributed by atoms with Crippen molar-refractivity contribution in [2.24, 2.45) is 0 Å². The number of rotatable bonds is 38. The summed E-state index contributed by atoms with van der Waals surface area (Å²) in [5.41, 5.74) is 0. The van der Waals surface area contributed by atoms with Gasteiger partial charge in [0.25, 0.3) is 0 Å². The first-order chi connectivity index (χ1) is 24.0. The van der Waals surface area contributed by atoms with Gasteiger partial charge in [-0.1, -0.05) is 233 Å². The normalized spacial score (nSPS) is 10.7. The van der Waals surface area contributed by atoms with Crippen molar-refractivity contribution in [1.29, 1.82) is 0 Å². The minimum Gasteiger partial charge on any atom is -0.481 e. The smallest absolute Gasteiger partial charge is 0.303 e.